The maximum atomic E-state index is 13.9. The summed E-state index contributed by atoms with van der Waals surface area (Å²) < 4.78 is 33.8. The van der Waals surface area contributed by atoms with Gasteiger partial charge < -0.3 is 48.4 Å². The Morgan fingerprint density at radius 1 is 0.729 bits per heavy atom. The number of anilines is 2. The number of aliphatic hydroxyl groups excluding tert-OH is 2. The van der Waals surface area contributed by atoms with E-state index in [-0.39, 0.29) is 98.2 Å². The molecule has 0 saturated carbocycles. The Morgan fingerprint density at radius 3 is 1.64 bits per heavy atom. The van der Waals surface area contributed by atoms with Crippen LogP contribution in [0, 0.1) is 0 Å². The van der Waals surface area contributed by atoms with Crippen LogP contribution in [0.1, 0.15) is 45.5 Å². The van der Waals surface area contributed by atoms with Crippen molar-refractivity contribution in [1.82, 2.24) is 9.80 Å². The van der Waals surface area contributed by atoms with Crippen LogP contribution in [-0.2, 0) is 16.1 Å². The Morgan fingerprint density at radius 2 is 1.20 bits per heavy atom. The first-order chi connectivity index (χ1) is 28.5. The Balaban J connectivity index is 1.32. The highest BCUT2D eigenvalue weighted by Crippen LogP contribution is 2.38. The van der Waals surface area contributed by atoms with E-state index in [0.717, 1.165) is 16.7 Å². The van der Waals surface area contributed by atoms with Crippen LogP contribution in [-0.4, -0.2) is 116 Å². The molecule has 4 amide bonds. The summed E-state index contributed by atoms with van der Waals surface area (Å²) in [6.07, 6.45) is 0.966. The first kappa shape index (κ1) is 43.6. The van der Waals surface area contributed by atoms with Crippen LogP contribution >= 0.6 is 0 Å². The largest absolute Gasteiger partial charge is 0.493 e. The molecule has 16 nitrogen and oxygen atoms in total. The van der Waals surface area contributed by atoms with Gasteiger partial charge in [-0.15, -0.1) is 0 Å². The van der Waals surface area contributed by atoms with Gasteiger partial charge in [0.2, 0.25) is 0 Å². The fraction of sp³-hybridized carbons (Fsp3) is 0.349. The first-order valence-electron chi connectivity index (χ1n) is 18.9. The maximum absolute atomic E-state index is 13.9. The zero-order valence-electron chi connectivity index (χ0n) is 33.2. The smallest absolute Gasteiger partial charge is 0.411 e. The van der Waals surface area contributed by atoms with Crippen LogP contribution < -0.4 is 29.6 Å². The van der Waals surface area contributed by atoms with Gasteiger partial charge in [-0.3, -0.25) is 20.2 Å². The van der Waals surface area contributed by atoms with E-state index in [1.54, 1.807) is 0 Å². The first-order valence-corrected chi connectivity index (χ1v) is 18.9. The van der Waals surface area contributed by atoms with Gasteiger partial charge in [0, 0.05) is 31.6 Å². The average Bonchev–Trinajstić information content (AvgIpc) is 3.83. The molecular formula is C43H50N4O12. The van der Waals surface area contributed by atoms with Crippen LogP contribution in [0.4, 0.5) is 21.0 Å². The number of amides is 4. The summed E-state index contributed by atoms with van der Waals surface area (Å²) in [6.45, 7) is 11.5. The third kappa shape index (κ3) is 11.1. The molecule has 0 aromatic heterocycles. The molecule has 2 saturated heterocycles. The Hall–Kier alpha value is -6.52. The molecule has 5 rings (SSSR count). The molecule has 0 unspecified atom stereocenters. The Labute approximate surface area is 342 Å². The van der Waals surface area contributed by atoms with Gasteiger partial charge in [0.05, 0.1) is 75.2 Å². The number of rotatable bonds is 18. The zero-order chi connectivity index (χ0) is 42.5. The second-order valence-electron chi connectivity index (χ2n) is 13.8. The van der Waals surface area contributed by atoms with Crippen molar-refractivity contribution >= 4 is 35.4 Å². The molecule has 4 N–H and O–H groups in total. The molecule has 16 heteroatoms. The number of likely N-dealkylation sites (tertiary alicyclic amines) is 2. The SMILES string of the molecule is C=CCOC(=O)Nc1cc(OCCCOc2cc(NC(=O)OCc3ccccc3)c(C(=O)N3CC(=C)C[C@H]3CO)cc2OC)c(OC)cc1C(=O)N1CC(=C)C[C@H]1CO. The number of benzene rings is 3. The minimum absolute atomic E-state index is 0.00640. The Kier molecular flexibility index (Phi) is 15.3. The molecule has 2 aliphatic heterocycles. The summed E-state index contributed by atoms with van der Waals surface area (Å²) in [4.78, 5) is 56.3. The third-order valence-corrected chi connectivity index (χ3v) is 9.55. The summed E-state index contributed by atoms with van der Waals surface area (Å²) in [6, 6.07) is 14.0. The van der Waals surface area contributed by atoms with Crippen molar-refractivity contribution < 1.29 is 57.8 Å². The highest BCUT2D eigenvalue weighted by atomic mass is 16.6. The normalized spacial score (nSPS) is 16.0. The number of nitrogens with one attached hydrogen (secondary N) is 2. The number of ether oxygens (including phenoxy) is 6. The zero-order valence-corrected chi connectivity index (χ0v) is 33.2. The van der Waals surface area contributed by atoms with Gasteiger partial charge in [0.15, 0.2) is 23.0 Å². The highest BCUT2D eigenvalue weighted by Gasteiger charge is 2.35. The summed E-state index contributed by atoms with van der Waals surface area (Å²) in [5.74, 6) is -0.0781. The number of methoxy groups -OCH3 is 2. The molecule has 2 heterocycles. The highest BCUT2D eigenvalue weighted by molar-refractivity contribution is 6.05. The van der Waals surface area contributed by atoms with Crippen molar-refractivity contribution in [2.24, 2.45) is 0 Å². The average molecular weight is 815 g/mol. The lowest BCUT2D eigenvalue weighted by molar-refractivity contribution is 0.0674. The van der Waals surface area contributed by atoms with Crippen molar-refractivity contribution in [2.45, 2.75) is 38.0 Å². The predicted octanol–water partition coefficient (Wildman–Crippen LogP) is 5.56. The lowest BCUT2D eigenvalue weighted by Crippen LogP contribution is -2.38. The van der Waals surface area contributed by atoms with E-state index in [9.17, 15) is 29.4 Å². The van der Waals surface area contributed by atoms with E-state index in [0.29, 0.717) is 19.3 Å². The lowest BCUT2D eigenvalue weighted by atomic mass is 10.1. The van der Waals surface area contributed by atoms with E-state index >= 15 is 0 Å². The number of carbonyl (C=O) groups excluding carboxylic acids is 4. The van der Waals surface area contributed by atoms with E-state index < -0.39 is 36.1 Å². The van der Waals surface area contributed by atoms with E-state index in [4.69, 9.17) is 28.4 Å². The van der Waals surface area contributed by atoms with Crippen molar-refractivity contribution in [3.8, 4) is 23.0 Å². The van der Waals surface area contributed by atoms with Gasteiger partial charge in [-0.05, 0) is 30.5 Å². The lowest BCUT2D eigenvalue weighted by Gasteiger charge is -2.25. The molecule has 0 spiro atoms. The quantitative estimate of drug-likeness (QED) is 0.0924. The van der Waals surface area contributed by atoms with Crippen LogP contribution in [0.15, 0.2) is 91.6 Å². The third-order valence-electron chi connectivity index (χ3n) is 9.55. The molecule has 2 fully saturated rings. The molecule has 314 valence electrons. The molecule has 0 aliphatic carbocycles. The number of aliphatic hydroxyl groups is 2. The topological polar surface area (TPSA) is 195 Å². The molecule has 59 heavy (non-hydrogen) atoms. The minimum atomic E-state index is -0.827. The van der Waals surface area contributed by atoms with Crippen LogP contribution in [0.25, 0.3) is 0 Å². The van der Waals surface area contributed by atoms with Gasteiger partial charge in [0.25, 0.3) is 11.8 Å². The van der Waals surface area contributed by atoms with E-state index in [2.05, 4.69) is 30.4 Å². The fourth-order valence-electron chi connectivity index (χ4n) is 6.67. The molecule has 3 aromatic rings. The van der Waals surface area contributed by atoms with Gasteiger partial charge in [-0.2, -0.15) is 0 Å². The number of hydrogen-bond acceptors (Lipinski definition) is 12. The van der Waals surface area contributed by atoms with Crippen molar-refractivity contribution in [2.75, 3.05) is 71.0 Å². The summed E-state index contributed by atoms with van der Waals surface area (Å²) in [7, 11) is 2.82. The number of nitrogens with zero attached hydrogens (tertiary/aromatic N) is 2. The van der Waals surface area contributed by atoms with Crippen LogP contribution in [0.5, 0.6) is 23.0 Å². The molecule has 3 aromatic carbocycles. The number of carbonyl (C=O) groups is 4. The van der Waals surface area contributed by atoms with E-state index in [1.165, 1.54) is 54.4 Å². The van der Waals surface area contributed by atoms with Gasteiger partial charge in [0.1, 0.15) is 13.2 Å². The van der Waals surface area contributed by atoms with Gasteiger partial charge in [-0.1, -0.05) is 67.3 Å². The summed E-state index contributed by atoms with van der Waals surface area (Å²) >= 11 is 0. The second-order valence-corrected chi connectivity index (χ2v) is 13.8. The number of hydrogen-bond donors (Lipinski definition) is 4. The second kappa shape index (κ2) is 20.8. The standard InChI is InChI=1S/C43H50N4O12/c1-6-13-58-42(52)44-34-20-38(36(54-4)18-32(34)40(50)46-22-27(2)16-30(46)24-48)56-14-10-15-57-39-21-35(45-43(53)59-26-29-11-8-7-9-12-29)33(19-37(39)55-5)41(51)47-23-28(3)17-31(47)25-49/h6-9,11-12,18-21,30-31,48-49H,1-3,10,13-17,22-26H2,4-5H3,(H,44,52)(H,45,53)/t30-,31-/m0/s1. The maximum Gasteiger partial charge on any atom is 0.411 e. The fourth-order valence-corrected chi connectivity index (χ4v) is 6.67. The molecule has 2 atom stereocenters. The molecule has 2 aliphatic rings. The van der Waals surface area contributed by atoms with Crippen molar-refractivity contribution in [3.05, 3.63) is 108 Å². The molecular weight excluding hydrogens is 764 g/mol. The van der Waals surface area contributed by atoms with Crippen LogP contribution in [0.2, 0.25) is 0 Å². The van der Waals surface area contributed by atoms with Gasteiger partial charge >= 0.3 is 12.2 Å². The summed E-state index contributed by atoms with van der Waals surface area (Å²) in [5.41, 5.74) is 2.72. The van der Waals surface area contributed by atoms with Crippen LogP contribution in [0.3, 0.4) is 0 Å². The van der Waals surface area contributed by atoms with Gasteiger partial charge in [-0.25, -0.2) is 9.59 Å². The molecule has 0 bridgehead atoms. The monoisotopic (exact) mass is 814 g/mol. The molecule has 0 radical (unpaired) electrons. The Bertz CT molecular complexity index is 2040. The summed E-state index contributed by atoms with van der Waals surface area (Å²) in [5, 5.41) is 25.1. The minimum Gasteiger partial charge on any atom is -0.493 e. The van der Waals surface area contributed by atoms with Crippen molar-refractivity contribution in [1.29, 1.82) is 0 Å². The predicted molar refractivity (Wildman–Crippen MR) is 218 cm³/mol. The van der Waals surface area contributed by atoms with Crippen molar-refractivity contribution in [3.63, 3.8) is 0 Å². The van der Waals surface area contributed by atoms with E-state index in [1.807, 2.05) is 30.3 Å².